The van der Waals surface area contributed by atoms with Crippen LogP contribution in [0.15, 0.2) is 36.4 Å². The minimum atomic E-state index is -1.16. The van der Waals surface area contributed by atoms with Crippen LogP contribution in [-0.2, 0) is 23.9 Å². The molecular formula is C43H60F4N4O8. The van der Waals surface area contributed by atoms with Crippen LogP contribution < -0.4 is 31.2 Å². The van der Waals surface area contributed by atoms with Gasteiger partial charge in [-0.15, -0.1) is 0 Å². The molecule has 59 heavy (non-hydrogen) atoms. The molecule has 4 rings (SSSR count). The lowest BCUT2D eigenvalue weighted by Gasteiger charge is -2.21. The first-order chi connectivity index (χ1) is 28.1. The molecule has 0 spiro atoms. The molecule has 2 aromatic carbocycles. The lowest BCUT2D eigenvalue weighted by atomic mass is 10.0. The SMILES string of the molecule is CC(C)(C)OC(=O)NCCCC[C@H](NC(=O)C1CCCC1)C(=O)COc1cccc(F)c1F.NCCCC[C@H](NC(=O)C1CCCC1)C(=O)COc1cccc(F)c1F. The monoisotopic (exact) mass is 836 g/mol. The van der Waals surface area contributed by atoms with Crippen molar-refractivity contribution in [2.24, 2.45) is 17.6 Å². The van der Waals surface area contributed by atoms with E-state index in [1.54, 1.807) is 20.8 Å². The summed E-state index contributed by atoms with van der Waals surface area (Å²) in [5.41, 5.74) is 4.89. The second-order valence-corrected chi connectivity index (χ2v) is 15.9. The molecule has 2 aromatic rings. The molecule has 2 atom stereocenters. The average Bonchev–Trinajstić information content (AvgIpc) is 3.94. The zero-order valence-corrected chi connectivity index (χ0v) is 34.4. The van der Waals surface area contributed by atoms with Crippen molar-refractivity contribution < 1.29 is 55.7 Å². The Morgan fingerprint density at radius 3 is 1.51 bits per heavy atom. The second-order valence-electron chi connectivity index (χ2n) is 15.9. The van der Waals surface area contributed by atoms with Gasteiger partial charge in [-0.2, -0.15) is 8.78 Å². The van der Waals surface area contributed by atoms with E-state index in [9.17, 15) is 41.5 Å². The Morgan fingerprint density at radius 1 is 0.678 bits per heavy atom. The van der Waals surface area contributed by atoms with Crippen molar-refractivity contribution >= 4 is 29.5 Å². The summed E-state index contributed by atoms with van der Waals surface area (Å²) in [6.07, 6.45) is 10.1. The van der Waals surface area contributed by atoms with E-state index < -0.39 is 66.0 Å². The Balaban J connectivity index is 0.000000324. The maximum absolute atomic E-state index is 13.8. The smallest absolute Gasteiger partial charge is 0.407 e. The van der Waals surface area contributed by atoms with Crippen molar-refractivity contribution in [1.82, 2.24) is 16.0 Å². The summed E-state index contributed by atoms with van der Waals surface area (Å²) >= 11 is 0. The number of unbranched alkanes of at least 4 members (excludes halogenated alkanes) is 2. The van der Waals surface area contributed by atoms with Gasteiger partial charge in [-0.1, -0.05) is 37.8 Å². The van der Waals surface area contributed by atoms with Crippen molar-refractivity contribution in [2.75, 3.05) is 26.3 Å². The molecule has 0 aliphatic heterocycles. The molecule has 2 aliphatic rings. The molecule has 2 saturated carbocycles. The van der Waals surface area contributed by atoms with E-state index in [2.05, 4.69) is 16.0 Å². The molecule has 0 heterocycles. The molecule has 0 bridgehead atoms. The van der Waals surface area contributed by atoms with Crippen LogP contribution in [0.3, 0.4) is 0 Å². The number of carbonyl (C=O) groups excluding carboxylic acids is 5. The van der Waals surface area contributed by atoms with Gasteiger partial charge in [0.25, 0.3) is 0 Å². The first kappa shape index (κ1) is 48.6. The first-order valence-corrected chi connectivity index (χ1v) is 20.6. The van der Waals surface area contributed by atoms with Gasteiger partial charge in [-0.05, 0) is 116 Å². The van der Waals surface area contributed by atoms with Gasteiger partial charge in [0.2, 0.25) is 23.4 Å². The first-order valence-electron chi connectivity index (χ1n) is 20.6. The van der Waals surface area contributed by atoms with Crippen LogP contribution in [-0.4, -0.2) is 73.5 Å². The zero-order valence-electron chi connectivity index (χ0n) is 34.4. The van der Waals surface area contributed by atoms with E-state index >= 15 is 0 Å². The number of amides is 3. The highest BCUT2D eigenvalue weighted by Crippen LogP contribution is 2.26. The quantitative estimate of drug-likeness (QED) is 0.0763. The predicted octanol–water partition coefficient (Wildman–Crippen LogP) is 7.00. The van der Waals surface area contributed by atoms with Crippen LogP contribution in [0.2, 0.25) is 0 Å². The van der Waals surface area contributed by atoms with Gasteiger partial charge in [-0.25, -0.2) is 13.6 Å². The number of nitrogens with two attached hydrogens (primary N) is 1. The third-order valence-electron chi connectivity index (χ3n) is 9.97. The van der Waals surface area contributed by atoms with Crippen LogP contribution in [0.5, 0.6) is 11.5 Å². The van der Waals surface area contributed by atoms with E-state index in [1.807, 2.05) is 0 Å². The van der Waals surface area contributed by atoms with Gasteiger partial charge in [0.05, 0.1) is 12.1 Å². The molecule has 0 aromatic heterocycles. The molecule has 5 N–H and O–H groups in total. The standard InChI is InChI=1S/C24H34F2N2O5.C19H26F2N2O3/c1-24(2,3)33-23(31)27-14-7-6-12-18(28-22(30)16-9-4-5-10-16)19(29)15-32-20-13-8-11-17(25)21(20)26;20-14-8-5-10-17(18(14)21)26-12-16(24)15(9-3-4-11-22)23-19(25)13-6-1-2-7-13/h8,11,13,16,18H,4-7,9-10,12,14-15H2,1-3H3,(H,27,31)(H,28,30);5,8,10,13,15H,1-4,6-7,9,11-12,22H2,(H,23,25)/t18-;15-/m00/s1. The Labute approximate surface area is 344 Å². The van der Waals surface area contributed by atoms with E-state index in [0.29, 0.717) is 45.2 Å². The molecule has 2 aliphatic carbocycles. The summed E-state index contributed by atoms with van der Waals surface area (Å²) < 4.78 is 69.5. The Morgan fingerprint density at radius 2 is 1.10 bits per heavy atom. The Kier molecular flexibility index (Phi) is 20.6. The summed E-state index contributed by atoms with van der Waals surface area (Å²) in [4.78, 5) is 61.8. The van der Waals surface area contributed by atoms with Gasteiger partial charge in [0.15, 0.2) is 34.7 Å². The normalized spacial score (nSPS) is 15.3. The fraction of sp³-hybridized carbons (Fsp3) is 0.605. The van der Waals surface area contributed by atoms with Gasteiger partial charge in [0.1, 0.15) is 18.8 Å². The fourth-order valence-corrected chi connectivity index (χ4v) is 6.74. The van der Waals surface area contributed by atoms with Crippen molar-refractivity contribution in [3.05, 3.63) is 59.7 Å². The minimum absolute atomic E-state index is 0.0543. The molecule has 2 fully saturated rings. The molecule has 0 saturated heterocycles. The number of hydrogen-bond donors (Lipinski definition) is 4. The zero-order chi connectivity index (χ0) is 43.4. The minimum Gasteiger partial charge on any atom is -0.483 e. The van der Waals surface area contributed by atoms with E-state index in [4.69, 9.17) is 19.9 Å². The molecule has 16 heteroatoms. The number of nitrogens with one attached hydrogen (secondary N) is 3. The predicted molar refractivity (Wildman–Crippen MR) is 212 cm³/mol. The molecule has 0 unspecified atom stereocenters. The summed E-state index contributed by atoms with van der Waals surface area (Å²) in [5.74, 6) is -6.32. The number of halogens is 4. The van der Waals surface area contributed by atoms with Crippen molar-refractivity contribution in [3.8, 4) is 11.5 Å². The summed E-state index contributed by atoms with van der Waals surface area (Å²) in [7, 11) is 0. The topological polar surface area (TPSA) is 175 Å². The van der Waals surface area contributed by atoms with E-state index in [1.165, 1.54) is 24.3 Å². The maximum Gasteiger partial charge on any atom is 0.407 e. The van der Waals surface area contributed by atoms with E-state index in [-0.39, 0.29) is 40.9 Å². The summed E-state index contributed by atoms with van der Waals surface area (Å²) in [6, 6.07) is 5.50. The number of benzene rings is 2. The lowest BCUT2D eigenvalue weighted by Crippen LogP contribution is -2.45. The number of ketones is 2. The molecule has 3 amide bonds. The van der Waals surface area contributed by atoms with Crippen molar-refractivity contribution in [1.29, 1.82) is 0 Å². The molecule has 0 radical (unpaired) electrons. The number of hydrogen-bond acceptors (Lipinski definition) is 9. The Bertz CT molecular complexity index is 1680. The van der Waals surface area contributed by atoms with Crippen molar-refractivity contribution in [2.45, 2.75) is 128 Å². The van der Waals surface area contributed by atoms with Crippen LogP contribution in [0.25, 0.3) is 0 Å². The lowest BCUT2D eigenvalue weighted by molar-refractivity contribution is -0.131. The van der Waals surface area contributed by atoms with Crippen molar-refractivity contribution in [3.63, 3.8) is 0 Å². The fourth-order valence-electron chi connectivity index (χ4n) is 6.74. The second kappa shape index (κ2) is 25.0. The number of Topliss-reactive ketones (excluding diaryl/α,β-unsaturated/α-hetero) is 2. The van der Waals surface area contributed by atoms with Crippen LogP contribution in [0.4, 0.5) is 22.4 Å². The number of ether oxygens (including phenoxy) is 3. The van der Waals surface area contributed by atoms with Crippen LogP contribution in [0.1, 0.15) is 111 Å². The third kappa shape index (κ3) is 17.6. The summed E-state index contributed by atoms with van der Waals surface area (Å²) in [6.45, 7) is 5.25. The number of alkyl carbamates (subject to hydrolysis) is 1. The molecule has 12 nitrogen and oxygen atoms in total. The highest BCUT2D eigenvalue weighted by atomic mass is 19.2. The average molecular weight is 837 g/mol. The van der Waals surface area contributed by atoms with Crippen LogP contribution >= 0.6 is 0 Å². The van der Waals surface area contributed by atoms with Crippen LogP contribution in [0, 0.1) is 35.1 Å². The Hall–Kier alpha value is -4.73. The number of rotatable bonds is 21. The maximum atomic E-state index is 13.8. The molecular weight excluding hydrogens is 776 g/mol. The van der Waals surface area contributed by atoms with Gasteiger partial charge in [-0.3, -0.25) is 19.2 Å². The van der Waals surface area contributed by atoms with Gasteiger partial charge in [0, 0.05) is 18.4 Å². The van der Waals surface area contributed by atoms with Gasteiger partial charge < -0.3 is 35.9 Å². The number of carbonyl (C=O) groups is 5. The highest BCUT2D eigenvalue weighted by Gasteiger charge is 2.29. The third-order valence-corrected chi connectivity index (χ3v) is 9.97. The highest BCUT2D eigenvalue weighted by molar-refractivity contribution is 5.91. The largest absolute Gasteiger partial charge is 0.483 e. The van der Waals surface area contributed by atoms with E-state index in [0.717, 1.165) is 69.9 Å². The summed E-state index contributed by atoms with van der Waals surface area (Å²) in [5, 5.41) is 8.26. The molecule has 328 valence electrons. The van der Waals surface area contributed by atoms with Gasteiger partial charge >= 0.3 is 6.09 Å².